The Morgan fingerprint density at radius 1 is 1.48 bits per heavy atom. The molecule has 6 heteroatoms. The molecular formula is C15H19N3O3. The lowest BCUT2D eigenvalue weighted by atomic mass is 10.00. The van der Waals surface area contributed by atoms with Gasteiger partial charge in [0.2, 0.25) is 5.91 Å². The number of nitrogens with one attached hydrogen (secondary N) is 2. The Morgan fingerprint density at radius 3 is 2.95 bits per heavy atom. The number of rotatable bonds is 4. The van der Waals surface area contributed by atoms with Crippen molar-refractivity contribution < 1.29 is 9.72 Å². The standard InChI is InChI=1S/C15H19N3O3/c1-11-13(6-4-10-16-11)17-15(19)9-8-12-5-2-3-7-14(12)18(20)21/h2-3,5,7-9,11,13,16H,4,6,10H2,1H3,(H,17,19)/b9-8+. The van der Waals surface area contributed by atoms with E-state index in [1.807, 2.05) is 6.92 Å². The lowest BCUT2D eigenvalue weighted by molar-refractivity contribution is -0.385. The minimum atomic E-state index is -0.454. The van der Waals surface area contributed by atoms with Gasteiger partial charge >= 0.3 is 0 Å². The summed E-state index contributed by atoms with van der Waals surface area (Å²) in [5.41, 5.74) is 0.418. The van der Waals surface area contributed by atoms with Gasteiger partial charge in [-0.15, -0.1) is 0 Å². The SMILES string of the molecule is CC1NCCCC1NC(=O)/C=C/c1ccccc1[N+](=O)[O-]. The van der Waals surface area contributed by atoms with E-state index in [0.717, 1.165) is 19.4 Å². The van der Waals surface area contributed by atoms with E-state index in [2.05, 4.69) is 10.6 Å². The van der Waals surface area contributed by atoms with Crippen molar-refractivity contribution >= 4 is 17.7 Å². The maximum atomic E-state index is 11.9. The first-order valence-electron chi connectivity index (χ1n) is 7.03. The second-order valence-electron chi connectivity index (χ2n) is 5.15. The van der Waals surface area contributed by atoms with Crippen molar-refractivity contribution in [1.29, 1.82) is 0 Å². The van der Waals surface area contributed by atoms with Gasteiger partial charge < -0.3 is 10.6 Å². The summed E-state index contributed by atoms with van der Waals surface area (Å²) < 4.78 is 0. The highest BCUT2D eigenvalue weighted by Gasteiger charge is 2.21. The molecule has 1 aromatic carbocycles. The Bertz CT molecular complexity index is 557. The number of nitrogens with zero attached hydrogens (tertiary/aromatic N) is 1. The molecule has 1 amide bonds. The summed E-state index contributed by atoms with van der Waals surface area (Å²) in [4.78, 5) is 22.4. The minimum absolute atomic E-state index is 0.00532. The van der Waals surface area contributed by atoms with Crippen LogP contribution in [0.4, 0.5) is 5.69 Å². The number of nitro groups is 1. The number of hydrogen-bond donors (Lipinski definition) is 2. The molecule has 0 radical (unpaired) electrons. The highest BCUT2D eigenvalue weighted by atomic mass is 16.6. The van der Waals surface area contributed by atoms with Crippen LogP contribution < -0.4 is 10.6 Å². The van der Waals surface area contributed by atoms with Crippen molar-refractivity contribution in [2.75, 3.05) is 6.54 Å². The van der Waals surface area contributed by atoms with Crippen LogP contribution in [0.15, 0.2) is 30.3 Å². The minimum Gasteiger partial charge on any atom is -0.348 e. The first kappa shape index (κ1) is 15.2. The van der Waals surface area contributed by atoms with Gasteiger partial charge in [0.25, 0.3) is 5.69 Å². The number of para-hydroxylation sites is 1. The molecule has 2 rings (SSSR count). The van der Waals surface area contributed by atoms with Crippen LogP contribution in [-0.2, 0) is 4.79 Å². The molecule has 2 N–H and O–H groups in total. The van der Waals surface area contributed by atoms with Crippen LogP contribution in [0.1, 0.15) is 25.3 Å². The fourth-order valence-electron chi connectivity index (χ4n) is 2.43. The number of carbonyl (C=O) groups is 1. The number of piperidine rings is 1. The quantitative estimate of drug-likeness (QED) is 0.503. The van der Waals surface area contributed by atoms with Gasteiger partial charge in [0.05, 0.1) is 10.5 Å². The zero-order valence-electron chi connectivity index (χ0n) is 11.9. The maximum Gasteiger partial charge on any atom is 0.276 e. The smallest absolute Gasteiger partial charge is 0.276 e. The zero-order valence-corrected chi connectivity index (χ0v) is 11.9. The van der Waals surface area contributed by atoms with E-state index in [1.165, 1.54) is 18.2 Å². The Labute approximate surface area is 123 Å². The molecule has 0 aliphatic carbocycles. The molecule has 1 heterocycles. The molecule has 1 saturated heterocycles. The summed E-state index contributed by atoms with van der Waals surface area (Å²) in [5, 5.41) is 17.1. The fraction of sp³-hybridized carbons (Fsp3) is 0.400. The van der Waals surface area contributed by atoms with Crippen LogP contribution in [-0.4, -0.2) is 29.5 Å². The summed E-state index contributed by atoms with van der Waals surface area (Å²) >= 11 is 0. The second-order valence-corrected chi connectivity index (χ2v) is 5.15. The van der Waals surface area contributed by atoms with Gasteiger partial charge in [-0.2, -0.15) is 0 Å². The molecule has 6 nitrogen and oxygen atoms in total. The molecule has 1 aromatic rings. The molecular weight excluding hydrogens is 270 g/mol. The largest absolute Gasteiger partial charge is 0.348 e. The Morgan fingerprint density at radius 2 is 2.24 bits per heavy atom. The van der Waals surface area contributed by atoms with Crippen molar-refractivity contribution in [2.45, 2.75) is 31.8 Å². The van der Waals surface area contributed by atoms with Crippen LogP contribution in [0.3, 0.4) is 0 Å². The number of benzene rings is 1. The Kier molecular flexibility index (Phi) is 5.05. The molecule has 2 atom stereocenters. The van der Waals surface area contributed by atoms with Gasteiger partial charge in [0.1, 0.15) is 0 Å². The molecule has 0 aromatic heterocycles. The lowest BCUT2D eigenvalue weighted by Gasteiger charge is -2.30. The van der Waals surface area contributed by atoms with Crippen molar-refractivity contribution in [3.63, 3.8) is 0 Å². The number of carbonyl (C=O) groups excluding carboxylic acids is 1. The average molecular weight is 289 g/mol. The number of nitro benzene ring substituents is 1. The molecule has 0 bridgehead atoms. The van der Waals surface area contributed by atoms with Crippen molar-refractivity contribution in [3.05, 3.63) is 46.0 Å². The molecule has 2 unspecified atom stereocenters. The first-order chi connectivity index (χ1) is 10.1. The third-order valence-electron chi connectivity index (χ3n) is 3.64. The van der Waals surface area contributed by atoms with Gasteiger partial charge in [-0.3, -0.25) is 14.9 Å². The highest BCUT2D eigenvalue weighted by molar-refractivity contribution is 5.92. The normalized spacial score (nSPS) is 22.1. The Hall–Kier alpha value is -2.21. The third-order valence-corrected chi connectivity index (χ3v) is 3.64. The van der Waals surface area contributed by atoms with Crippen LogP contribution in [0.25, 0.3) is 6.08 Å². The Balaban J connectivity index is 2.00. The maximum absolute atomic E-state index is 11.9. The molecule has 0 saturated carbocycles. The van der Waals surface area contributed by atoms with Crippen LogP contribution in [0, 0.1) is 10.1 Å². The van der Waals surface area contributed by atoms with Gasteiger partial charge in [-0.05, 0) is 38.5 Å². The predicted octanol–water partition coefficient (Wildman–Crippen LogP) is 1.86. The van der Waals surface area contributed by atoms with E-state index < -0.39 is 4.92 Å². The highest BCUT2D eigenvalue weighted by Crippen LogP contribution is 2.18. The van der Waals surface area contributed by atoms with Gasteiger partial charge in [0.15, 0.2) is 0 Å². The lowest BCUT2D eigenvalue weighted by Crippen LogP contribution is -2.51. The van der Waals surface area contributed by atoms with E-state index in [1.54, 1.807) is 18.2 Å². The molecule has 1 aliphatic rings. The summed E-state index contributed by atoms with van der Waals surface area (Å²) in [6.07, 6.45) is 4.81. The summed E-state index contributed by atoms with van der Waals surface area (Å²) in [6, 6.07) is 6.68. The van der Waals surface area contributed by atoms with Crippen molar-refractivity contribution in [1.82, 2.24) is 10.6 Å². The van der Waals surface area contributed by atoms with E-state index in [4.69, 9.17) is 0 Å². The summed E-state index contributed by atoms with van der Waals surface area (Å²) in [6.45, 7) is 3.01. The second kappa shape index (κ2) is 6.99. The monoisotopic (exact) mass is 289 g/mol. The zero-order chi connectivity index (χ0) is 15.2. The van der Waals surface area contributed by atoms with Crippen molar-refractivity contribution in [3.8, 4) is 0 Å². The van der Waals surface area contributed by atoms with E-state index >= 15 is 0 Å². The molecule has 0 spiro atoms. The predicted molar refractivity (Wildman–Crippen MR) is 80.8 cm³/mol. The van der Waals surface area contributed by atoms with E-state index in [9.17, 15) is 14.9 Å². The van der Waals surface area contributed by atoms with E-state index in [-0.39, 0.29) is 23.7 Å². The number of hydrogen-bond acceptors (Lipinski definition) is 4. The van der Waals surface area contributed by atoms with Gasteiger partial charge in [-0.25, -0.2) is 0 Å². The summed E-state index contributed by atoms with van der Waals surface area (Å²) in [5.74, 6) is -0.228. The average Bonchev–Trinajstić information content (AvgIpc) is 2.48. The first-order valence-corrected chi connectivity index (χ1v) is 7.03. The molecule has 1 aliphatic heterocycles. The van der Waals surface area contributed by atoms with Gasteiger partial charge in [-0.1, -0.05) is 12.1 Å². The summed E-state index contributed by atoms with van der Waals surface area (Å²) in [7, 11) is 0. The van der Waals surface area contributed by atoms with Crippen LogP contribution in [0.2, 0.25) is 0 Å². The van der Waals surface area contributed by atoms with E-state index in [0.29, 0.717) is 5.56 Å². The third kappa shape index (κ3) is 4.13. The van der Waals surface area contributed by atoms with Crippen molar-refractivity contribution in [2.24, 2.45) is 0 Å². The number of amides is 1. The molecule has 21 heavy (non-hydrogen) atoms. The molecule has 1 fully saturated rings. The molecule has 112 valence electrons. The van der Waals surface area contributed by atoms with Crippen LogP contribution >= 0.6 is 0 Å². The topological polar surface area (TPSA) is 84.3 Å². The van der Waals surface area contributed by atoms with Gasteiger partial charge in [0, 0.05) is 24.2 Å². The van der Waals surface area contributed by atoms with Crippen LogP contribution in [0.5, 0.6) is 0 Å². The fourth-order valence-corrected chi connectivity index (χ4v) is 2.43.